The first-order valence-corrected chi connectivity index (χ1v) is 8.12. The summed E-state index contributed by atoms with van der Waals surface area (Å²) in [7, 11) is 0. The van der Waals surface area contributed by atoms with Gasteiger partial charge in [-0.15, -0.1) is 6.58 Å². The Balaban J connectivity index is 2.00. The molecule has 0 aliphatic heterocycles. The Morgan fingerprint density at radius 1 is 1.16 bits per heavy atom. The van der Waals surface area contributed by atoms with Crippen LogP contribution in [-0.4, -0.2) is 25.0 Å². The third-order valence-corrected chi connectivity index (χ3v) is 3.64. The molecule has 2 N–H and O–H groups in total. The van der Waals surface area contributed by atoms with Crippen LogP contribution in [0.2, 0.25) is 10.0 Å². The second-order valence-corrected chi connectivity index (χ2v) is 5.80. The first-order valence-electron chi connectivity index (χ1n) is 7.37. The number of carbonyl (C=O) groups is 2. The molecule has 0 saturated carbocycles. The van der Waals surface area contributed by atoms with Gasteiger partial charge >= 0.3 is 0 Å². The molecule has 0 atom stereocenters. The fourth-order valence-electron chi connectivity index (χ4n) is 1.97. The smallest absolute Gasteiger partial charge is 0.262 e. The van der Waals surface area contributed by atoms with E-state index in [-0.39, 0.29) is 12.5 Å². The molecular formula is C18H16Cl2N2O3. The highest BCUT2D eigenvalue weighted by atomic mass is 35.5. The van der Waals surface area contributed by atoms with E-state index in [0.29, 0.717) is 33.6 Å². The maximum atomic E-state index is 12.1. The van der Waals surface area contributed by atoms with Gasteiger partial charge in [0.1, 0.15) is 5.75 Å². The van der Waals surface area contributed by atoms with Crippen LogP contribution in [0, 0.1) is 0 Å². The Morgan fingerprint density at radius 3 is 2.64 bits per heavy atom. The van der Waals surface area contributed by atoms with Crippen molar-refractivity contribution in [1.29, 1.82) is 0 Å². The topological polar surface area (TPSA) is 67.4 Å². The van der Waals surface area contributed by atoms with Crippen LogP contribution >= 0.6 is 23.2 Å². The highest BCUT2D eigenvalue weighted by molar-refractivity contribution is 6.35. The number of ether oxygens (including phenoxy) is 1. The van der Waals surface area contributed by atoms with Crippen LogP contribution in [0.1, 0.15) is 10.4 Å². The summed E-state index contributed by atoms with van der Waals surface area (Å²) in [5, 5.41) is 6.10. The lowest BCUT2D eigenvalue weighted by atomic mass is 10.1. The van der Waals surface area contributed by atoms with Gasteiger partial charge in [0.25, 0.3) is 11.8 Å². The third kappa shape index (κ3) is 5.52. The molecule has 2 aromatic carbocycles. The lowest BCUT2D eigenvalue weighted by Crippen LogP contribution is -2.26. The van der Waals surface area contributed by atoms with E-state index < -0.39 is 5.91 Å². The number of hydrogen-bond donors (Lipinski definition) is 2. The summed E-state index contributed by atoms with van der Waals surface area (Å²) < 4.78 is 5.37. The molecule has 2 rings (SSSR count). The molecule has 5 nitrogen and oxygen atoms in total. The van der Waals surface area contributed by atoms with Crippen molar-refractivity contribution in [2.75, 3.05) is 18.5 Å². The van der Waals surface area contributed by atoms with Crippen LogP contribution in [0.5, 0.6) is 5.75 Å². The zero-order chi connectivity index (χ0) is 18.2. The molecule has 25 heavy (non-hydrogen) atoms. The molecule has 0 unspecified atom stereocenters. The average molecular weight is 379 g/mol. The van der Waals surface area contributed by atoms with Crippen molar-refractivity contribution in [1.82, 2.24) is 5.32 Å². The van der Waals surface area contributed by atoms with E-state index >= 15 is 0 Å². The number of hydrogen-bond acceptors (Lipinski definition) is 3. The van der Waals surface area contributed by atoms with Gasteiger partial charge < -0.3 is 15.4 Å². The second-order valence-electron chi connectivity index (χ2n) is 4.96. The SMILES string of the molecule is C=CCNC(=O)c1ccccc1NC(=O)COc1ccc(Cl)cc1Cl. The van der Waals surface area contributed by atoms with E-state index in [0.717, 1.165) is 0 Å². The predicted molar refractivity (Wildman–Crippen MR) is 99.6 cm³/mol. The lowest BCUT2D eigenvalue weighted by molar-refractivity contribution is -0.118. The van der Waals surface area contributed by atoms with Gasteiger partial charge in [0.15, 0.2) is 6.61 Å². The van der Waals surface area contributed by atoms with E-state index in [1.165, 1.54) is 6.07 Å². The van der Waals surface area contributed by atoms with Crippen LogP contribution < -0.4 is 15.4 Å². The zero-order valence-electron chi connectivity index (χ0n) is 13.2. The minimum Gasteiger partial charge on any atom is -0.482 e. The molecule has 0 heterocycles. The second kappa shape index (κ2) is 9.11. The molecule has 2 amide bonds. The van der Waals surface area contributed by atoms with Gasteiger partial charge in [-0.25, -0.2) is 0 Å². The van der Waals surface area contributed by atoms with Gasteiger partial charge in [0.05, 0.1) is 16.3 Å². The van der Waals surface area contributed by atoms with Gasteiger partial charge in [-0.3, -0.25) is 9.59 Å². The molecule has 0 fully saturated rings. The number of halogens is 2. The van der Waals surface area contributed by atoms with Gasteiger partial charge in [-0.05, 0) is 30.3 Å². The number of rotatable bonds is 7. The van der Waals surface area contributed by atoms with Crippen molar-refractivity contribution in [3.05, 3.63) is 70.7 Å². The van der Waals surface area contributed by atoms with Crippen molar-refractivity contribution in [3.8, 4) is 5.75 Å². The van der Waals surface area contributed by atoms with E-state index in [9.17, 15) is 9.59 Å². The standard InChI is InChI=1S/C18H16Cl2N2O3/c1-2-9-21-18(24)13-5-3-4-6-15(13)22-17(23)11-25-16-8-7-12(19)10-14(16)20/h2-8,10H,1,9,11H2,(H,21,24)(H,22,23). The van der Waals surface area contributed by atoms with Crippen LogP contribution in [0.15, 0.2) is 55.1 Å². The van der Waals surface area contributed by atoms with Crippen LogP contribution in [-0.2, 0) is 4.79 Å². The molecule has 7 heteroatoms. The Bertz CT molecular complexity index is 794. The highest BCUT2D eigenvalue weighted by Crippen LogP contribution is 2.27. The lowest BCUT2D eigenvalue weighted by Gasteiger charge is -2.12. The number of benzene rings is 2. The molecule has 0 saturated heterocycles. The van der Waals surface area contributed by atoms with Crippen molar-refractivity contribution < 1.29 is 14.3 Å². The van der Waals surface area contributed by atoms with E-state index in [1.54, 1.807) is 42.5 Å². The Hall–Kier alpha value is -2.50. The Kier molecular flexibility index (Phi) is 6.86. The maximum absolute atomic E-state index is 12.1. The van der Waals surface area contributed by atoms with Crippen molar-refractivity contribution >= 4 is 40.7 Å². The summed E-state index contributed by atoms with van der Waals surface area (Å²) in [6, 6.07) is 11.4. The number of amides is 2. The Morgan fingerprint density at radius 2 is 1.92 bits per heavy atom. The van der Waals surface area contributed by atoms with Gasteiger partial charge in [0, 0.05) is 11.6 Å². The largest absolute Gasteiger partial charge is 0.482 e. The molecule has 2 aromatic rings. The molecule has 0 radical (unpaired) electrons. The predicted octanol–water partition coefficient (Wildman–Crippen LogP) is 3.93. The van der Waals surface area contributed by atoms with E-state index in [2.05, 4.69) is 17.2 Å². The average Bonchev–Trinajstić information content (AvgIpc) is 2.59. The van der Waals surface area contributed by atoms with Gasteiger partial charge in [0.2, 0.25) is 0 Å². The highest BCUT2D eigenvalue weighted by Gasteiger charge is 2.13. The molecule has 0 aliphatic carbocycles. The van der Waals surface area contributed by atoms with Crippen LogP contribution in [0.3, 0.4) is 0 Å². The summed E-state index contributed by atoms with van der Waals surface area (Å²) in [6.07, 6.45) is 1.57. The molecule has 0 bridgehead atoms. The molecule has 0 aliphatic rings. The quantitative estimate of drug-likeness (QED) is 0.717. The van der Waals surface area contributed by atoms with E-state index in [1.807, 2.05) is 0 Å². The number of anilines is 1. The fraction of sp³-hybridized carbons (Fsp3) is 0.111. The minimum atomic E-state index is -0.421. The van der Waals surface area contributed by atoms with Crippen molar-refractivity contribution in [2.45, 2.75) is 0 Å². The number of carbonyl (C=O) groups excluding carboxylic acids is 2. The van der Waals surface area contributed by atoms with Crippen molar-refractivity contribution in [3.63, 3.8) is 0 Å². The summed E-state index contributed by atoms with van der Waals surface area (Å²) in [5.74, 6) is -0.384. The van der Waals surface area contributed by atoms with Crippen LogP contribution in [0.4, 0.5) is 5.69 Å². The van der Waals surface area contributed by atoms with Gasteiger partial charge in [-0.1, -0.05) is 41.4 Å². The normalized spacial score (nSPS) is 10.0. The fourth-order valence-corrected chi connectivity index (χ4v) is 2.44. The summed E-state index contributed by atoms with van der Waals surface area (Å²) in [4.78, 5) is 24.2. The summed E-state index contributed by atoms with van der Waals surface area (Å²) >= 11 is 11.8. The maximum Gasteiger partial charge on any atom is 0.262 e. The number of nitrogens with one attached hydrogen (secondary N) is 2. The Labute approximate surface area is 155 Å². The summed E-state index contributed by atoms with van der Waals surface area (Å²) in [5.41, 5.74) is 0.738. The molecular weight excluding hydrogens is 363 g/mol. The zero-order valence-corrected chi connectivity index (χ0v) is 14.7. The van der Waals surface area contributed by atoms with Gasteiger partial charge in [-0.2, -0.15) is 0 Å². The third-order valence-electron chi connectivity index (χ3n) is 3.11. The van der Waals surface area contributed by atoms with Crippen LogP contribution in [0.25, 0.3) is 0 Å². The molecule has 0 spiro atoms. The van der Waals surface area contributed by atoms with E-state index in [4.69, 9.17) is 27.9 Å². The monoisotopic (exact) mass is 378 g/mol. The first-order chi connectivity index (χ1) is 12.0. The minimum absolute atomic E-state index is 0.260. The molecule has 130 valence electrons. The molecule has 0 aromatic heterocycles. The number of para-hydroxylation sites is 1. The first kappa shape index (κ1) is 18.8. The summed E-state index contributed by atoms with van der Waals surface area (Å²) in [6.45, 7) is 3.62. The van der Waals surface area contributed by atoms with Crippen molar-refractivity contribution in [2.24, 2.45) is 0 Å².